The molecule has 0 aliphatic heterocycles. The van der Waals surface area contributed by atoms with Gasteiger partial charge in [-0.25, -0.2) is 4.79 Å². The van der Waals surface area contributed by atoms with Gasteiger partial charge < -0.3 is 9.47 Å². The lowest BCUT2D eigenvalue weighted by molar-refractivity contribution is -0.0563. The van der Waals surface area contributed by atoms with Crippen molar-refractivity contribution < 1.29 is 14.3 Å². The Morgan fingerprint density at radius 3 is 2.32 bits per heavy atom. The van der Waals surface area contributed by atoms with Crippen LogP contribution in [0.4, 0.5) is 4.79 Å². The summed E-state index contributed by atoms with van der Waals surface area (Å²) >= 11 is 0. The lowest BCUT2D eigenvalue weighted by Crippen LogP contribution is -2.50. The first-order valence-electron chi connectivity index (χ1n) is 16.9. The first-order chi connectivity index (χ1) is 18.4. The molecule has 0 aromatic rings. The monoisotopic (exact) mass is 528 g/mol. The van der Waals surface area contributed by atoms with Crippen LogP contribution in [-0.4, -0.2) is 18.9 Å². The number of unbranched alkanes of at least 4 members (excludes halogenated alkanes) is 9. The number of carbonyl (C=O) groups is 1. The van der Waals surface area contributed by atoms with Gasteiger partial charge in [-0.3, -0.25) is 0 Å². The maximum atomic E-state index is 12.3. The summed E-state index contributed by atoms with van der Waals surface area (Å²) in [4.78, 5) is 12.3. The Hall–Kier alpha value is -0.990. The van der Waals surface area contributed by atoms with Gasteiger partial charge >= 0.3 is 6.16 Å². The molecule has 4 aliphatic rings. The highest BCUT2D eigenvalue weighted by Gasteiger charge is 2.58. The summed E-state index contributed by atoms with van der Waals surface area (Å²) in [6.07, 6.45) is 28.1. The van der Waals surface area contributed by atoms with Gasteiger partial charge in [-0.2, -0.15) is 0 Å². The molecule has 0 radical (unpaired) electrons. The zero-order valence-electron chi connectivity index (χ0n) is 25.5. The number of hydrogen-bond donors (Lipinski definition) is 0. The van der Waals surface area contributed by atoms with Crippen molar-refractivity contribution in [3.8, 4) is 0 Å². The number of hydrogen-bond acceptors (Lipinski definition) is 3. The average molecular weight is 529 g/mol. The molecule has 3 nitrogen and oxygen atoms in total. The van der Waals surface area contributed by atoms with E-state index in [2.05, 4.69) is 33.8 Å². The van der Waals surface area contributed by atoms with E-state index in [1.807, 2.05) is 0 Å². The zero-order chi connectivity index (χ0) is 27.0. The lowest BCUT2D eigenvalue weighted by Gasteiger charge is -2.58. The van der Waals surface area contributed by atoms with Crippen molar-refractivity contribution in [3.63, 3.8) is 0 Å². The Balaban J connectivity index is 1.27. The van der Waals surface area contributed by atoms with Gasteiger partial charge in [-0.1, -0.05) is 104 Å². The highest BCUT2D eigenvalue weighted by Crippen LogP contribution is 2.66. The van der Waals surface area contributed by atoms with E-state index in [0.29, 0.717) is 17.4 Å². The average Bonchev–Trinajstić information content (AvgIpc) is 3.24. The van der Waals surface area contributed by atoms with Crippen LogP contribution in [0.5, 0.6) is 0 Å². The molecule has 0 aromatic heterocycles. The van der Waals surface area contributed by atoms with Gasteiger partial charge in [0.15, 0.2) is 0 Å². The summed E-state index contributed by atoms with van der Waals surface area (Å²) in [7, 11) is 0. The molecule has 0 amide bonds. The molecule has 3 fully saturated rings. The Morgan fingerprint density at radius 1 is 0.842 bits per heavy atom. The fraction of sp³-hybridized carbons (Fsp3) is 0.914. The number of allylic oxidation sites excluding steroid dienone is 1. The van der Waals surface area contributed by atoms with Crippen molar-refractivity contribution in [2.45, 2.75) is 162 Å². The molecule has 3 saturated carbocycles. The molecule has 0 heterocycles. The molecule has 4 aliphatic carbocycles. The third kappa shape index (κ3) is 6.83. The first kappa shape index (κ1) is 30.0. The summed E-state index contributed by atoms with van der Waals surface area (Å²) in [5.41, 5.74) is 2.48. The van der Waals surface area contributed by atoms with Gasteiger partial charge in [0, 0.05) is 6.42 Å². The van der Waals surface area contributed by atoms with E-state index in [4.69, 9.17) is 9.47 Å². The largest absolute Gasteiger partial charge is 0.508 e. The second-order valence-corrected chi connectivity index (χ2v) is 14.1. The second-order valence-electron chi connectivity index (χ2n) is 14.1. The van der Waals surface area contributed by atoms with Crippen LogP contribution in [0.2, 0.25) is 0 Å². The van der Waals surface area contributed by atoms with Crippen LogP contribution in [0.25, 0.3) is 0 Å². The van der Waals surface area contributed by atoms with E-state index in [1.54, 1.807) is 5.57 Å². The molecule has 4 rings (SSSR count). The Morgan fingerprint density at radius 2 is 1.55 bits per heavy atom. The minimum atomic E-state index is -0.445. The Labute approximate surface area is 235 Å². The highest BCUT2D eigenvalue weighted by atomic mass is 16.7. The van der Waals surface area contributed by atoms with Crippen molar-refractivity contribution in [3.05, 3.63) is 11.6 Å². The lowest BCUT2D eigenvalue weighted by atomic mass is 9.47. The first-order valence-corrected chi connectivity index (χ1v) is 16.9. The van der Waals surface area contributed by atoms with Crippen LogP contribution in [0.15, 0.2) is 11.6 Å². The number of carbonyl (C=O) groups excluding carboxylic acids is 1. The maximum Gasteiger partial charge on any atom is 0.508 e. The molecule has 0 N–H and O–H groups in total. The highest BCUT2D eigenvalue weighted by molar-refractivity contribution is 5.60. The Kier molecular flexibility index (Phi) is 11.1. The molecule has 0 saturated heterocycles. The fourth-order valence-electron chi connectivity index (χ4n) is 9.51. The number of ether oxygens (including phenoxy) is 2. The molecule has 0 aromatic carbocycles. The smallest absolute Gasteiger partial charge is 0.434 e. The minimum absolute atomic E-state index is 0.000472. The van der Waals surface area contributed by atoms with Gasteiger partial charge in [0.05, 0.1) is 6.61 Å². The van der Waals surface area contributed by atoms with Gasteiger partial charge in [-0.05, 0) is 92.3 Å². The van der Waals surface area contributed by atoms with E-state index in [1.165, 1.54) is 103 Å². The van der Waals surface area contributed by atoms with Crippen molar-refractivity contribution in [2.75, 3.05) is 6.61 Å². The predicted molar refractivity (Wildman–Crippen MR) is 158 cm³/mol. The van der Waals surface area contributed by atoms with E-state index in [0.717, 1.165) is 49.4 Å². The predicted octanol–water partition coefficient (Wildman–Crippen LogP) is 10.8. The second kappa shape index (κ2) is 14.1. The molecule has 0 unspecified atom stereocenters. The normalized spacial score (nSPS) is 36.1. The molecule has 38 heavy (non-hydrogen) atoms. The van der Waals surface area contributed by atoms with Crippen LogP contribution >= 0.6 is 0 Å². The summed E-state index contributed by atoms with van der Waals surface area (Å²) in [6.45, 7) is 10.3. The third-order valence-electron chi connectivity index (χ3n) is 11.9. The van der Waals surface area contributed by atoms with Crippen molar-refractivity contribution in [1.29, 1.82) is 0 Å². The molecule has 0 bridgehead atoms. The van der Waals surface area contributed by atoms with Crippen LogP contribution < -0.4 is 0 Å². The van der Waals surface area contributed by atoms with Crippen molar-refractivity contribution in [1.82, 2.24) is 0 Å². The van der Waals surface area contributed by atoms with E-state index in [-0.39, 0.29) is 6.10 Å². The van der Waals surface area contributed by atoms with Crippen LogP contribution in [0, 0.1) is 34.5 Å². The van der Waals surface area contributed by atoms with E-state index in [9.17, 15) is 4.79 Å². The zero-order valence-corrected chi connectivity index (χ0v) is 25.5. The Bertz CT molecular complexity index is 773. The summed E-state index contributed by atoms with van der Waals surface area (Å²) < 4.78 is 11.2. The van der Waals surface area contributed by atoms with Crippen LogP contribution in [0.1, 0.15) is 156 Å². The third-order valence-corrected chi connectivity index (χ3v) is 11.9. The summed E-state index contributed by atoms with van der Waals surface area (Å²) in [5, 5.41) is 0. The van der Waals surface area contributed by atoms with Gasteiger partial charge in [-0.15, -0.1) is 0 Å². The SMILES string of the molecule is CCCCCCCC[C@H]1CC[C@H]2[C@@H]3CC=C4C[C@@H](OC(=O)OCCCCCCC)CC[C@]4(C)[C@H]3CC[C@]12C. The van der Waals surface area contributed by atoms with Gasteiger partial charge in [0.25, 0.3) is 0 Å². The van der Waals surface area contributed by atoms with Crippen LogP contribution in [-0.2, 0) is 9.47 Å². The molecule has 3 heteroatoms. The standard InChI is InChI=1S/C35H60O3/c1-5-7-9-11-12-14-16-27-18-20-31-30-19-17-28-26-29(38-33(36)37-25-15-13-10-8-6-2)21-23-35(28,4)32(30)22-24-34(27,31)3/h17,27,29-32H,5-16,18-26H2,1-4H3/t27-,29-,30-,31-,32-,34+,35-/m0/s1. The molecule has 0 spiro atoms. The number of fused-ring (bicyclic) bond motifs is 5. The quantitative estimate of drug-likeness (QED) is 0.128. The molecule has 7 atom stereocenters. The molecular formula is C35H60O3. The summed E-state index contributed by atoms with van der Waals surface area (Å²) in [6, 6.07) is 0. The molecule has 218 valence electrons. The fourth-order valence-corrected chi connectivity index (χ4v) is 9.51. The number of rotatable bonds is 14. The van der Waals surface area contributed by atoms with Gasteiger partial charge in [0.1, 0.15) is 6.10 Å². The molecular weight excluding hydrogens is 468 g/mol. The van der Waals surface area contributed by atoms with Crippen molar-refractivity contribution in [2.24, 2.45) is 34.5 Å². The van der Waals surface area contributed by atoms with Gasteiger partial charge in [0.2, 0.25) is 0 Å². The topological polar surface area (TPSA) is 35.5 Å². The minimum Gasteiger partial charge on any atom is -0.434 e. The van der Waals surface area contributed by atoms with E-state index >= 15 is 0 Å². The van der Waals surface area contributed by atoms with Crippen molar-refractivity contribution >= 4 is 6.16 Å². The maximum absolute atomic E-state index is 12.3. The summed E-state index contributed by atoms with van der Waals surface area (Å²) in [5.74, 6) is 3.57. The van der Waals surface area contributed by atoms with Crippen LogP contribution in [0.3, 0.4) is 0 Å². The van der Waals surface area contributed by atoms with E-state index < -0.39 is 6.16 Å².